The van der Waals surface area contributed by atoms with Gasteiger partial charge in [-0.2, -0.15) is 0 Å². The van der Waals surface area contributed by atoms with Crippen LogP contribution in [0.5, 0.6) is 0 Å². The number of carbonyl (C=O) groups is 1. The van der Waals surface area contributed by atoms with Crippen molar-refractivity contribution in [1.29, 1.82) is 0 Å². The van der Waals surface area contributed by atoms with E-state index in [0.717, 1.165) is 6.42 Å². The summed E-state index contributed by atoms with van der Waals surface area (Å²) in [7, 11) is 0. The van der Waals surface area contributed by atoms with E-state index in [1.54, 1.807) is 0 Å². The maximum absolute atomic E-state index is 10.5. The lowest BCUT2D eigenvalue weighted by Crippen LogP contribution is -2.27. The standard InChI is InChI=1S/C6H11NO2/c1-3-5-4(2)7-6(8)9-5/h4-5H,3H2,1-2H3,(H,7,8)/t4-,5-/m0/s1. The van der Waals surface area contributed by atoms with Gasteiger partial charge in [0, 0.05) is 0 Å². The van der Waals surface area contributed by atoms with Gasteiger partial charge < -0.3 is 10.1 Å². The number of cyclic esters (lactones) is 1. The van der Waals surface area contributed by atoms with E-state index < -0.39 is 0 Å². The largest absolute Gasteiger partial charge is 0.444 e. The Morgan fingerprint density at radius 1 is 1.78 bits per heavy atom. The highest BCUT2D eigenvalue weighted by molar-refractivity contribution is 5.70. The normalized spacial score (nSPS) is 33.8. The molecule has 1 fully saturated rings. The van der Waals surface area contributed by atoms with E-state index >= 15 is 0 Å². The summed E-state index contributed by atoms with van der Waals surface area (Å²) in [6, 6.07) is 0.183. The van der Waals surface area contributed by atoms with Gasteiger partial charge in [-0.1, -0.05) is 6.92 Å². The summed E-state index contributed by atoms with van der Waals surface area (Å²) >= 11 is 0. The molecule has 52 valence electrons. The number of rotatable bonds is 1. The summed E-state index contributed by atoms with van der Waals surface area (Å²) in [5.41, 5.74) is 0. The summed E-state index contributed by atoms with van der Waals surface area (Å²) in [6.45, 7) is 3.94. The second kappa shape index (κ2) is 2.25. The minimum atomic E-state index is -0.283. The Labute approximate surface area is 54.4 Å². The monoisotopic (exact) mass is 129 g/mol. The van der Waals surface area contributed by atoms with Crippen LogP contribution in [0.2, 0.25) is 0 Å². The van der Waals surface area contributed by atoms with Gasteiger partial charge in [0.05, 0.1) is 6.04 Å². The molecule has 3 heteroatoms. The summed E-state index contributed by atoms with van der Waals surface area (Å²) in [4.78, 5) is 10.5. The number of hydrogen-bond acceptors (Lipinski definition) is 2. The zero-order valence-corrected chi connectivity index (χ0v) is 5.68. The van der Waals surface area contributed by atoms with Crippen molar-refractivity contribution in [3.63, 3.8) is 0 Å². The van der Waals surface area contributed by atoms with Crippen molar-refractivity contribution in [1.82, 2.24) is 5.32 Å². The zero-order chi connectivity index (χ0) is 6.85. The van der Waals surface area contributed by atoms with Gasteiger partial charge >= 0.3 is 6.09 Å². The van der Waals surface area contributed by atoms with Crippen LogP contribution in [0.4, 0.5) is 4.79 Å². The molecule has 9 heavy (non-hydrogen) atoms. The fourth-order valence-corrected chi connectivity index (χ4v) is 0.989. The smallest absolute Gasteiger partial charge is 0.407 e. The summed E-state index contributed by atoms with van der Waals surface area (Å²) in [5.74, 6) is 0. The highest BCUT2D eigenvalue weighted by Gasteiger charge is 2.28. The third kappa shape index (κ3) is 1.15. The molecular formula is C6H11NO2. The molecule has 1 aliphatic rings. The van der Waals surface area contributed by atoms with Crippen molar-refractivity contribution in [2.75, 3.05) is 0 Å². The molecule has 1 rings (SSSR count). The fourth-order valence-electron chi connectivity index (χ4n) is 0.989. The Morgan fingerprint density at radius 2 is 2.44 bits per heavy atom. The molecule has 0 saturated carbocycles. The maximum Gasteiger partial charge on any atom is 0.407 e. The number of alkyl carbamates (subject to hydrolysis) is 1. The highest BCUT2D eigenvalue weighted by Crippen LogP contribution is 2.10. The van der Waals surface area contributed by atoms with Crippen molar-refractivity contribution in [3.05, 3.63) is 0 Å². The van der Waals surface area contributed by atoms with Gasteiger partial charge in [0.1, 0.15) is 6.10 Å². The molecule has 1 amide bonds. The predicted molar refractivity (Wildman–Crippen MR) is 33.2 cm³/mol. The van der Waals surface area contributed by atoms with Gasteiger partial charge in [0.15, 0.2) is 0 Å². The molecule has 1 aliphatic heterocycles. The van der Waals surface area contributed by atoms with Crippen LogP contribution in [0.1, 0.15) is 20.3 Å². The van der Waals surface area contributed by atoms with Crippen molar-refractivity contribution in [2.24, 2.45) is 0 Å². The Balaban J connectivity index is 2.47. The van der Waals surface area contributed by atoms with Crippen molar-refractivity contribution in [3.8, 4) is 0 Å². The fraction of sp³-hybridized carbons (Fsp3) is 0.833. The highest BCUT2D eigenvalue weighted by atomic mass is 16.6. The van der Waals surface area contributed by atoms with E-state index in [4.69, 9.17) is 4.74 Å². The molecule has 1 saturated heterocycles. The van der Waals surface area contributed by atoms with Gasteiger partial charge in [0.2, 0.25) is 0 Å². The van der Waals surface area contributed by atoms with Gasteiger partial charge in [-0.25, -0.2) is 4.79 Å². The van der Waals surface area contributed by atoms with E-state index in [9.17, 15) is 4.79 Å². The molecule has 1 N–H and O–H groups in total. The van der Waals surface area contributed by atoms with Crippen LogP contribution in [0, 0.1) is 0 Å². The zero-order valence-electron chi connectivity index (χ0n) is 5.68. The number of nitrogens with one attached hydrogen (secondary N) is 1. The van der Waals surface area contributed by atoms with Crippen LogP contribution in [0.15, 0.2) is 0 Å². The SMILES string of the molecule is CC[C@@H]1OC(=O)N[C@H]1C. The molecule has 0 aromatic rings. The molecule has 0 spiro atoms. The Bertz CT molecular complexity index is 124. The molecule has 0 unspecified atom stereocenters. The van der Waals surface area contributed by atoms with E-state index in [0.29, 0.717) is 0 Å². The Kier molecular flexibility index (Phi) is 1.60. The summed E-state index contributed by atoms with van der Waals surface area (Å²) in [6.07, 6.45) is 0.687. The van der Waals surface area contributed by atoms with Crippen molar-refractivity contribution in [2.45, 2.75) is 32.4 Å². The molecule has 1 heterocycles. The van der Waals surface area contributed by atoms with E-state index in [1.807, 2.05) is 13.8 Å². The quantitative estimate of drug-likeness (QED) is 0.571. The van der Waals surface area contributed by atoms with Gasteiger partial charge in [-0.15, -0.1) is 0 Å². The third-order valence-corrected chi connectivity index (χ3v) is 1.56. The first-order valence-corrected chi connectivity index (χ1v) is 3.21. The maximum atomic E-state index is 10.5. The van der Waals surface area contributed by atoms with Crippen molar-refractivity contribution >= 4 is 6.09 Å². The minimum absolute atomic E-state index is 0.0810. The minimum Gasteiger partial charge on any atom is -0.444 e. The second-order valence-corrected chi connectivity index (χ2v) is 2.29. The Morgan fingerprint density at radius 3 is 2.67 bits per heavy atom. The molecular weight excluding hydrogens is 118 g/mol. The number of amides is 1. The van der Waals surface area contributed by atoms with Crippen LogP contribution < -0.4 is 5.32 Å². The first kappa shape index (κ1) is 6.39. The lowest BCUT2D eigenvalue weighted by atomic mass is 10.1. The average Bonchev–Trinajstić information content (AvgIpc) is 2.10. The Hall–Kier alpha value is -0.730. The van der Waals surface area contributed by atoms with E-state index in [1.165, 1.54) is 0 Å². The average molecular weight is 129 g/mol. The first-order chi connectivity index (χ1) is 4.24. The van der Waals surface area contributed by atoms with Crippen LogP contribution >= 0.6 is 0 Å². The summed E-state index contributed by atoms with van der Waals surface area (Å²) < 4.78 is 4.87. The van der Waals surface area contributed by atoms with Gasteiger partial charge in [-0.3, -0.25) is 0 Å². The molecule has 0 aromatic heterocycles. The van der Waals surface area contributed by atoms with Crippen LogP contribution in [-0.2, 0) is 4.74 Å². The van der Waals surface area contributed by atoms with E-state index in [2.05, 4.69) is 5.32 Å². The molecule has 0 aliphatic carbocycles. The predicted octanol–water partition coefficient (Wildman–Crippen LogP) is 0.893. The topological polar surface area (TPSA) is 38.3 Å². The van der Waals surface area contributed by atoms with Gasteiger partial charge in [-0.05, 0) is 13.3 Å². The van der Waals surface area contributed by atoms with E-state index in [-0.39, 0.29) is 18.2 Å². The third-order valence-electron chi connectivity index (χ3n) is 1.56. The van der Waals surface area contributed by atoms with Gasteiger partial charge in [0.25, 0.3) is 0 Å². The lowest BCUT2D eigenvalue weighted by molar-refractivity contribution is 0.131. The molecule has 0 aromatic carbocycles. The van der Waals surface area contributed by atoms with Crippen LogP contribution in [0.25, 0.3) is 0 Å². The molecule has 0 bridgehead atoms. The molecule has 2 atom stereocenters. The summed E-state index contributed by atoms with van der Waals surface area (Å²) in [5, 5.41) is 2.66. The molecule has 3 nitrogen and oxygen atoms in total. The van der Waals surface area contributed by atoms with Crippen LogP contribution in [0.3, 0.4) is 0 Å². The number of ether oxygens (including phenoxy) is 1. The number of hydrogen-bond donors (Lipinski definition) is 1. The first-order valence-electron chi connectivity index (χ1n) is 3.21. The lowest BCUT2D eigenvalue weighted by Gasteiger charge is -2.07. The second-order valence-electron chi connectivity index (χ2n) is 2.29. The number of carbonyl (C=O) groups excluding carboxylic acids is 1. The van der Waals surface area contributed by atoms with Crippen molar-refractivity contribution < 1.29 is 9.53 Å². The van der Waals surface area contributed by atoms with Crippen LogP contribution in [-0.4, -0.2) is 18.2 Å². The molecule has 0 radical (unpaired) electrons.